The van der Waals surface area contributed by atoms with Crippen LogP contribution in [0.1, 0.15) is 5.56 Å². The Kier molecular flexibility index (Phi) is 4.25. The van der Waals surface area contributed by atoms with Crippen molar-refractivity contribution in [3.63, 3.8) is 0 Å². The molecule has 1 aromatic heterocycles. The minimum absolute atomic E-state index is 0.690. The van der Waals surface area contributed by atoms with E-state index in [0.29, 0.717) is 6.54 Å². The molecule has 0 fully saturated rings. The maximum absolute atomic E-state index is 6.08. The predicted octanol–water partition coefficient (Wildman–Crippen LogP) is 4.79. The smallest absolute Gasteiger partial charge is 0.137 e. The van der Waals surface area contributed by atoms with Gasteiger partial charge in [-0.1, -0.05) is 54.6 Å². The molecule has 3 aromatic carbocycles. The van der Waals surface area contributed by atoms with Crippen molar-refractivity contribution in [3.05, 3.63) is 97.1 Å². The minimum atomic E-state index is 0.690. The number of hydrogen-bond donors (Lipinski definition) is 0. The van der Waals surface area contributed by atoms with E-state index in [4.69, 9.17) is 4.74 Å². The molecule has 0 aliphatic rings. The number of aromatic nitrogens is 3. The predicted molar refractivity (Wildman–Crippen MR) is 97.5 cm³/mol. The van der Waals surface area contributed by atoms with Crippen LogP contribution in [0.4, 0.5) is 0 Å². The van der Waals surface area contributed by atoms with Crippen LogP contribution in [0, 0.1) is 0 Å². The van der Waals surface area contributed by atoms with Crippen LogP contribution >= 0.6 is 0 Å². The third-order valence-corrected chi connectivity index (χ3v) is 3.91. The standard InChI is InChI=1S/C21H17N3O/c1-2-9-19(10-3-1)25-21-12-5-4-11-20(21)18-8-6-7-17(13-18)14-24-16-22-15-23-24/h1-13,15-16H,14H2. The molecule has 0 aliphatic carbocycles. The lowest BCUT2D eigenvalue weighted by atomic mass is 10.0. The van der Waals surface area contributed by atoms with E-state index in [1.807, 2.05) is 53.2 Å². The van der Waals surface area contributed by atoms with Gasteiger partial charge in [-0.25, -0.2) is 9.67 Å². The van der Waals surface area contributed by atoms with Gasteiger partial charge in [-0.2, -0.15) is 5.10 Å². The van der Waals surface area contributed by atoms with Crippen LogP contribution in [0.25, 0.3) is 11.1 Å². The van der Waals surface area contributed by atoms with Gasteiger partial charge < -0.3 is 4.74 Å². The fourth-order valence-corrected chi connectivity index (χ4v) is 2.75. The van der Waals surface area contributed by atoms with Gasteiger partial charge in [0.25, 0.3) is 0 Å². The van der Waals surface area contributed by atoms with Crippen LogP contribution in [-0.2, 0) is 6.54 Å². The molecule has 4 heteroatoms. The van der Waals surface area contributed by atoms with Gasteiger partial charge in [0.2, 0.25) is 0 Å². The normalized spacial score (nSPS) is 10.6. The summed E-state index contributed by atoms with van der Waals surface area (Å²) in [5.41, 5.74) is 3.34. The van der Waals surface area contributed by atoms with Crippen molar-refractivity contribution in [2.45, 2.75) is 6.54 Å². The highest BCUT2D eigenvalue weighted by atomic mass is 16.5. The van der Waals surface area contributed by atoms with E-state index in [0.717, 1.165) is 28.2 Å². The summed E-state index contributed by atoms with van der Waals surface area (Å²) in [6.45, 7) is 0.690. The molecule has 4 nitrogen and oxygen atoms in total. The van der Waals surface area contributed by atoms with E-state index in [1.54, 1.807) is 12.7 Å². The highest BCUT2D eigenvalue weighted by Crippen LogP contribution is 2.33. The molecule has 0 aliphatic heterocycles. The molecule has 4 rings (SSSR count). The lowest BCUT2D eigenvalue weighted by molar-refractivity contribution is 0.484. The minimum Gasteiger partial charge on any atom is -0.457 e. The van der Waals surface area contributed by atoms with Gasteiger partial charge >= 0.3 is 0 Å². The van der Waals surface area contributed by atoms with E-state index in [2.05, 4.69) is 40.4 Å². The summed E-state index contributed by atoms with van der Waals surface area (Å²) in [4.78, 5) is 3.99. The Morgan fingerprint density at radius 2 is 1.68 bits per heavy atom. The van der Waals surface area contributed by atoms with Crippen LogP contribution < -0.4 is 4.74 Å². The van der Waals surface area contributed by atoms with Crippen molar-refractivity contribution in [1.82, 2.24) is 14.8 Å². The van der Waals surface area contributed by atoms with Gasteiger partial charge in [0.1, 0.15) is 24.2 Å². The van der Waals surface area contributed by atoms with Gasteiger partial charge in [-0.15, -0.1) is 0 Å². The molecular formula is C21H17N3O. The quantitative estimate of drug-likeness (QED) is 0.529. The van der Waals surface area contributed by atoms with E-state index in [1.165, 1.54) is 0 Å². The average Bonchev–Trinajstić information content (AvgIpc) is 3.16. The molecule has 0 amide bonds. The average molecular weight is 327 g/mol. The summed E-state index contributed by atoms with van der Waals surface area (Å²) in [6, 6.07) is 26.3. The maximum Gasteiger partial charge on any atom is 0.137 e. The van der Waals surface area contributed by atoms with Crippen LogP contribution in [0.15, 0.2) is 91.5 Å². The maximum atomic E-state index is 6.08. The van der Waals surface area contributed by atoms with E-state index >= 15 is 0 Å². The van der Waals surface area contributed by atoms with Crippen LogP contribution in [0.5, 0.6) is 11.5 Å². The van der Waals surface area contributed by atoms with Gasteiger partial charge in [-0.3, -0.25) is 0 Å². The van der Waals surface area contributed by atoms with Gasteiger partial charge in [0.15, 0.2) is 0 Å². The zero-order chi connectivity index (χ0) is 16.9. The first-order chi connectivity index (χ1) is 12.4. The lowest BCUT2D eigenvalue weighted by Gasteiger charge is -2.12. The summed E-state index contributed by atoms with van der Waals surface area (Å²) in [7, 11) is 0. The summed E-state index contributed by atoms with van der Waals surface area (Å²) in [5, 5.41) is 4.17. The molecular weight excluding hydrogens is 310 g/mol. The van der Waals surface area contributed by atoms with Gasteiger partial charge in [0, 0.05) is 5.56 Å². The fraction of sp³-hybridized carbons (Fsp3) is 0.0476. The molecule has 1 heterocycles. The molecule has 0 spiro atoms. The van der Waals surface area contributed by atoms with E-state index in [9.17, 15) is 0 Å². The van der Waals surface area contributed by atoms with Crippen molar-refractivity contribution in [3.8, 4) is 22.6 Å². The van der Waals surface area contributed by atoms with Crippen molar-refractivity contribution >= 4 is 0 Å². The van der Waals surface area contributed by atoms with Crippen molar-refractivity contribution < 1.29 is 4.74 Å². The number of hydrogen-bond acceptors (Lipinski definition) is 3. The van der Waals surface area contributed by atoms with Crippen LogP contribution in [-0.4, -0.2) is 14.8 Å². The second kappa shape index (κ2) is 7.01. The van der Waals surface area contributed by atoms with Crippen molar-refractivity contribution in [2.75, 3.05) is 0 Å². The highest BCUT2D eigenvalue weighted by molar-refractivity contribution is 5.71. The SMILES string of the molecule is c1ccc(Oc2ccccc2-c2cccc(Cn3cncn3)c2)cc1. The van der Waals surface area contributed by atoms with E-state index in [-0.39, 0.29) is 0 Å². The summed E-state index contributed by atoms with van der Waals surface area (Å²) in [6.07, 6.45) is 3.27. The number of ether oxygens (including phenoxy) is 1. The van der Waals surface area contributed by atoms with E-state index < -0.39 is 0 Å². The number of rotatable bonds is 5. The monoisotopic (exact) mass is 327 g/mol. The van der Waals surface area contributed by atoms with Gasteiger partial charge in [-0.05, 0) is 35.4 Å². The Balaban J connectivity index is 1.66. The molecule has 122 valence electrons. The number of benzene rings is 3. The third-order valence-electron chi connectivity index (χ3n) is 3.91. The molecule has 0 atom stereocenters. The molecule has 0 N–H and O–H groups in total. The second-order valence-electron chi connectivity index (χ2n) is 5.70. The zero-order valence-electron chi connectivity index (χ0n) is 13.6. The zero-order valence-corrected chi connectivity index (χ0v) is 13.6. The first-order valence-corrected chi connectivity index (χ1v) is 8.12. The fourth-order valence-electron chi connectivity index (χ4n) is 2.75. The highest BCUT2D eigenvalue weighted by Gasteiger charge is 2.08. The molecule has 0 unspecified atom stereocenters. The number of para-hydroxylation sites is 2. The summed E-state index contributed by atoms with van der Waals surface area (Å²) in [5.74, 6) is 1.67. The largest absolute Gasteiger partial charge is 0.457 e. The lowest BCUT2D eigenvalue weighted by Crippen LogP contribution is -2.00. The molecule has 0 saturated carbocycles. The molecule has 0 bridgehead atoms. The third kappa shape index (κ3) is 3.58. The second-order valence-corrected chi connectivity index (χ2v) is 5.70. The summed E-state index contributed by atoms with van der Waals surface area (Å²) < 4.78 is 7.89. The van der Waals surface area contributed by atoms with Gasteiger partial charge in [0.05, 0.1) is 6.54 Å². The van der Waals surface area contributed by atoms with Crippen molar-refractivity contribution in [2.24, 2.45) is 0 Å². The Bertz CT molecular complexity index is 950. The Labute approximate surface area is 146 Å². The van der Waals surface area contributed by atoms with Crippen LogP contribution in [0.3, 0.4) is 0 Å². The first kappa shape index (κ1) is 15.1. The van der Waals surface area contributed by atoms with Crippen LogP contribution in [0.2, 0.25) is 0 Å². The Morgan fingerprint density at radius 1 is 0.840 bits per heavy atom. The Hall–Kier alpha value is -3.40. The Morgan fingerprint density at radius 3 is 2.52 bits per heavy atom. The van der Waals surface area contributed by atoms with Crippen molar-refractivity contribution in [1.29, 1.82) is 0 Å². The topological polar surface area (TPSA) is 39.9 Å². The molecule has 25 heavy (non-hydrogen) atoms. The number of nitrogens with zero attached hydrogens (tertiary/aromatic N) is 3. The molecule has 0 saturated heterocycles. The molecule has 4 aromatic rings. The summed E-state index contributed by atoms with van der Waals surface area (Å²) >= 11 is 0. The first-order valence-electron chi connectivity index (χ1n) is 8.12. The molecule has 0 radical (unpaired) electrons.